The van der Waals surface area contributed by atoms with Crippen molar-refractivity contribution in [3.8, 4) is 16.8 Å². The summed E-state index contributed by atoms with van der Waals surface area (Å²) in [7, 11) is 0. The SMILES string of the molecule is Cc1cc(C(N)=O)nn1-c1ccc2c(ccn2Cc2ccc(-c3ccncc3)cc2)c1. The van der Waals surface area contributed by atoms with Gasteiger partial charge in [0.25, 0.3) is 5.91 Å². The second-order valence-electron chi connectivity index (χ2n) is 7.57. The minimum atomic E-state index is -0.524. The summed E-state index contributed by atoms with van der Waals surface area (Å²) in [6.07, 6.45) is 5.71. The molecule has 0 aliphatic carbocycles. The van der Waals surface area contributed by atoms with E-state index in [1.54, 1.807) is 10.7 Å². The lowest BCUT2D eigenvalue weighted by Gasteiger charge is -2.09. The summed E-state index contributed by atoms with van der Waals surface area (Å²) < 4.78 is 3.97. The molecule has 0 unspecified atom stereocenters. The molecule has 0 saturated carbocycles. The van der Waals surface area contributed by atoms with Gasteiger partial charge < -0.3 is 10.3 Å². The van der Waals surface area contributed by atoms with Gasteiger partial charge in [-0.3, -0.25) is 9.78 Å². The van der Waals surface area contributed by atoms with Gasteiger partial charge in [-0.25, -0.2) is 4.68 Å². The van der Waals surface area contributed by atoms with Crippen molar-refractivity contribution in [2.45, 2.75) is 13.5 Å². The van der Waals surface area contributed by atoms with Crippen molar-refractivity contribution in [3.05, 3.63) is 102 Å². The summed E-state index contributed by atoms with van der Waals surface area (Å²) in [5.41, 5.74) is 12.1. The number of rotatable bonds is 5. The molecular formula is C25H21N5O. The van der Waals surface area contributed by atoms with Gasteiger partial charge in [0.1, 0.15) is 0 Å². The molecule has 31 heavy (non-hydrogen) atoms. The third-order valence-electron chi connectivity index (χ3n) is 5.46. The van der Waals surface area contributed by atoms with E-state index in [1.165, 1.54) is 11.1 Å². The Labute approximate surface area is 179 Å². The van der Waals surface area contributed by atoms with E-state index in [-0.39, 0.29) is 5.69 Å². The van der Waals surface area contributed by atoms with Crippen LogP contribution in [0.15, 0.2) is 85.3 Å². The van der Waals surface area contributed by atoms with Crippen LogP contribution in [0, 0.1) is 6.92 Å². The summed E-state index contributed by atoms with van der Waals surface area (Å²) in [6.45, 7) is 2.69. The van der Waals surface area contributed by atoms with Crippen molar-refractivity contribution in [2.75, 3.05) is 0 Å². The van der Waals surface area contributed by atoms with Crippen LogP contribution >= 0.6 is 0 Å². The van der Waals surface area contributed by atoms with Gasteiger partial charge in [0.15, 0.2) is 5.69 Å². The number of benzene rings is 2. The number of aromatic nitrogens is 4. The van der Waals surface area contributed by atoms with Crippen LogP contribution in [-0.2, 0) is 6.54 Å². The fourth-order valence-corrected chi connectivity index (χ4v) is 3.86. The predicted octanol–water partition coefficient (Wildman–Crippen LogP) is 4.34. The number of nitrogens with two attached hydrogens (primary N) is 1. The first kappa shape index (κ1) is 18.8. The minimum Gasteiger partial charge on any atom is -0.364 e. The van der Waals surface area contributed by atoms with Crippen LogP contribution in [0.3, 0.4) is 0 Å². The third-order valence-corrected chi connectivity index (χ3v) is 5.46. The Morgan fingerprint density at radius 1 is 0.935 bits per heavy atom. The number of carbonyl (C=O) groups is 1. The monoisotopic (exact) mass is 407 g/mol. The van der Waals surface area contributed by atoms with Crippen LogP contribution in [-0.4, -0.2) is 25.2 Å². The minimum absolute atomic E-state index is 0.269. The molecule has 0 radical (unpaired) electrons. The Morgan fingerprint density at radius 2 is 1.68 bits per heavy atom. The molecule has 2 N–H and O–H groups in total. The number of hydrogen-bond donors (Lipinski definition) is 1. The molecule has 2 aromatic carbocycles. The third kappa shape index (κ3) is 3.59. The molecule has 5 aromatic rings. The second-order valence-corrected chi connectivity index (χ2v) is 7.57. The molecule has 0 saturated heterocycles. The Balaban J connectivity index is 1.41. The molecule has 0 atom stereocenters. The maximum Gasteiger partial charge on any atom is 0.269 e. The number of pyridine rings is 1. The normalized spacial score (nSPS) is 11.1. The van der Waals surface area contributed by atoms with Gasteiger partial charge in [0, 0.05) is 41.7 Å². The number of aryl methyl sites for hydroxylation is 1. The number of carbonyl (C=O) groups excluding carboxylic acids is 1. The summed E-state index contributed by atoms with van der Waals surface area (Å²) in [5.74, 6) is -0.524. The van der Waals surface area contributed by atoms with Crippen molar-refractivity contribution in [3.63, 3.8) is 0 Å². The van der Waals surface area contributed by atoms with Crippen LogP contribution in [0.25, 0.3) is 27.7 Å². The highest BCUT2D eigenvalue weighted by molar-refractivity contribution is 5.91. The zero-order chi connectivity index (χ0) is 21.4. The average molecular weight is 407 g/mol. The van der Waals surface area contributed by atoms with Gasteiger partial charge in [-0.2, -0.15) is 5.10 Å². The molecule has 3 aromatic heterocycles. The van der Waals surface area contributed by atoms with Crippen LogP contribution in [0.2, 0.25) is 0 Å². The maximum absolute atomic E-state index is 11.4. The quantitative estimate of drug-likeness (QED) is 0.471. The predicted molar refractivity (Wildman–Crippen MR) is 121 cm³/mol. The van der Waals surface area contributed by atoms with Crippen LogP contribution < -0.4 is 5.73 Å². The van der Waals surface area contributed by atoms with Gasteiger partial charge in [-0.15, -0.1) is 0 Å². The van der Waals surface area contributed by atoms with Crippen LogP contribution in [0.5, 0.6) is 0 Å². The lowest BCUT2D eigenvalue weighted by molar-refractivity contribution is 0.0995. The average Bonchev–Trinajstić information content (AvgIpc) is 3.38. The highest BCUT2D eigenvalue weighted by atomic mass is 16.1. The Morgan fingerprint density at radius 3 is 2.39 bits per heavy atom. The molecule has 0 spiro atoms. The molecule has 0 aliphatic rings. The molecule has 1 amide bonds. The smallest absolute Gasteiger partial charge is 0.269 e. The fourth-order valence-electron chi connectivity index (χ4n) is 3.86. The van der Waals surface area contributed by atoms with Gasteiger partial charge in [0.2, 0.25) is 0 Å². The highest BCUT2D eigenvalue weighted by Gasteiger charge is 2.11. The van der Waals surface area contributed by atoms with Crippen LogP contribution in [0.4, 0.5) is 0 Å². The summed E-state index contributed by atoms with van der Waals surface area (Å²) in [5, 5.41) is 5.44. The first-order chi connectivity index (χ1) is 15.1. The molecule has 0 fully saturated rings. The standard InChI is InChI=1S/C25H21N5O/c1-17-14-23(25(26)31)28-30(17)22-6-7-24-21(15-22)10-13-29(24)16-18-2-4-19(5-3-18)20-8-11-27-12-9-20/h2-15H,16H2,1H3,(H2,26,31). The highest BCUT2D eigenvalue weighted by Crippen LogP contribution is 2.23. The summed E-state index contributed by atoms with van der Waals surface area (Å²) in [4.78, 5) is 15.5. The molecule has 3 heterocycles. The van der Waals surface area contributed by atoms with E-state index in [0.29, 0.717) is 0 Å². The molecule has 6 nitrogen and oxygen atoms in total. The first-order valence-corrected chi connectivity index (χ1v) is 10.0. The molecule has 152 valence electrons. The number of primary amides is 1. The van der Waals surface area contributed by atoms with Crippen molar-refractivity contribution in [1.82, 2.24) is 19.3 Å². The van der Waals surface area contributed by atoms with Crippen LogP contribution in [0.1, 0.15) is 21.7 Å². The topological polar surface area (TPSA) is 78.7 Å². The molecule has 0 aliphatic heterocycles. The van der Waals surface area contributed by atoms with Gasteiger partial charge in [-0.1, -0.05) is 24.3 Å². The Bertz CT molecular complexity index is 1380. The number of nitrogens with zero attached hydrogens (tertiary/aromatic N) is 4. The van der Waals surface area contributed by atoms with E-state index >= 15 is 0 Å². The maximum atomic E-state index is 11.4. The van der Waals surface area contributed by atoms with E-state index in [1.807, 2.05) is 37.5 Å². The summed E-state index contributed by atoms with van der Waals surface area (Å²) in [6, 6.07) is 22.6. The largest absolute Gasteiger partial charge is 0.364 e. The van der Waals surface area contributed by atoms with E-state index in [4.69, 9.17) is 5.73 Å². The zero-order valence-corrected chi connectivity index (χ0v) is 17.1. The lowest BCUT2D eigenvalue weighted by Crippen LogP contribution is -2.12. The molecule has 5 rings (SSSR count). The number of amides is 1. The van der Waals surface area contributed by atoms with Gasteiger partial charge in [0.05, 0.1) is 5.69 Å². The fraction of sp³-hybridized carbons (Fsp3) is 0.0800. The van der Waals surface area contributed by atoms with E-state index in [9.17, 15) is 4.79 Å². The second kappa shape index (κ2) is 7.57. The van der Waals surface area contributed by atoms with Crippen molar-refractivity contribution < 1.29 is 4.79 Å². The first-order valence-electron chi connectivity index (χ1n) is 10.0. The van der Waals surface area contributed by atoms with E-state index in [0.717, 1.165) is 34.4 Å². The Kier molecular flexibility index (Phi) is 4.59. The van der Waals surface area contributed by atoms with Crippen molar-refractivity contribution in [2.24, 2.45) is 5.73 Å². The van der Waals surface area contributed by atoms with Crippen molar-refractivity contribution >= 4 is 16.8 Å². The number of hydrogen-bond acceptors (Lipinski definition) is 3. The van der Waals surface area contributed by atoms with Crippen molar-refractivity contribution in [1.29, 1.82) is 0 Å². The molecule has 0 bridgehead atoms. The number of fused-ring (bicyclic) bond motifs is 1. The molecular weight excluding hydrogens is 386 g/mol. The zero-order valence-electron chi connectivity index (χ0n) is 17.1. The van der Waals surface area contributed by atoms with Gasteiger partial charge in [-0.05, 0) is 66.1 Å². The van der Waals surface area contributed by atoms with Gasteiger partial charge >= 0.3 is 0 Å². The van der Waals surface area contributed by atoms with E-state index < -0.39 is 5.91 Å². The summed E-state index contributed by atoms with van der Waals surface area (Å²) >= 11 is 0. The van der Waals surface area contributed by atoms with E-state index in [2.05, 4.69) is 63.3 Å². The lowest BCUT2D eigenvalue weighted by atomic mass is 10.1. The Hall–Kier alpha value is -4.19. The molecule has 6 heteroatoms.